The highest BCUT2D eigenvalue weighted by atomic mass is 16.5. The van der Waals surface area contributed by atoms with E-state index in [-0.39, 0.29) is 0 Å². The molecule has 0 N–H and O–H groups in total. The monoisotopic (exact) mass is 263 g/mol. The molecule has 3 heteroatoms. The summed E-state index contributed by atoms with van der Waals surface area (Å²) >= 11 is 0. The first-order valence-electron chi connectivity index (χ1n) is 6.16. The molecule has 2 aromatic carbocycles. The lowest BCUT2D eigenvalue weighted by Gasteiger charge is -2.08. The third kappa shape index (κ3) is 3.56. The van der Waals surface area contributed by atoms with Gasteiger partial charge in [-0.2, -0.15) is 5.26 Å². The zero-order chi connectivity index (χ0) is 14.2. The molecule has 0 amide bonds. The molecule has 0 fully saturated rings. The number of carbonyl (C=O) groups is 1. The molecule has 0 radical (unpaired) electrons. The Bertz CT molecular complexity index is 654. The van der Waals surface area contributed by atoms with Crippen LogP contribution in [-0.4, -0.2) is 6.29 Å². The third-order valence-electron chi connectivity index (χ3n) is 2.73. The van der Waals surface area contributed by atoms with E-state index in [2.05, 4.69) is 6.07 Å². The van der Waals surface area contributed by atoms with Gasteiger partial charge in [-0.1, -0.05) is 42.5 Å². The van der Waals surface area contributed by atoms with Gasteiger partial charge in [0.15, 0.2) is 0 Å². The fourth-order valence-corrected chi connectivity index (χ4v) is 1.74. The second-order valence-corrected chi connectivity index (χ2v) is 4.14. The van der Waals surface area contributed by atoms with E-state index in [1.807, 2.05) is 30.3 Å². The Balaban J connectivity index is 2.18. The van der Waals surface area contributed by atoms with Gasteiger partial charge in [-0.15, -0.1) is 0 Å². The smallest absolute Gasteiger partial charge is 0.142 e. The SMILES string of the molecule is N#Cc1ccc(C=CC=O)cc1OCc1ccccc1. The summed E-state index contributed by atoms with van der Waals surface area (Å²) in [5, 5.41) is 9.08. The molecule has 98 valence electrons. The van der Waals surface area contributed by atoms with Gasteiger partial charge in [0, 0.05) is 0 Å². The van der Waals surface area contributed by atoms with Crippen molar-refractivity contribution in [2.45, 2.75) is 6.61 Å². The molecule has 0 atom stereocenters. The summed E-state index contributed by atoms with van der Waals surface area (Å²) in [6, 6.07) is 17.0. The van der Waals surface area contributed by atoms with Crippen LogP contribution >= 0.6 is 0 Å². The Hall–Kier alpha value is -2.86. The van der Waals surface area contributed by atoms with Crippen molar-refractivity contribution in [2.75, 3.05) is 0 Å². The molecule has 0 saturated heterocycles. The molecule has 3 nitrogen and oxygen atoms in total. The fraction of sp³-hybridized carbons (Fsp3) is 0.0588. The molecule has 20 heavy (non-hydrogen) atoms. The van der Waals surface area contributed by atoms with Crippen LogP contribution in [0.2, 0.25) is 0 Å². The quantitative estimate of drug-likeness (QED) is 0.614. The lowest BCUT2D eigenvalue weighted by Crippen LogP contribution is -1.97. The van der Waals surface area contributed by atoms with Crippen LogP contribution in [0, 0.1) is 11.3 Å². The Morgan fingerprint density at radius 2 is 1.95 bits per heavy atom. The van der Waals surface area contributed by atoms with Crippen LogP contribution in [0.5, 0.6) is 5.75 Å². The van der Waals surface area contributed by atoms with Gasteiger partial charge in [-0.25, -0.2) is 0 Å². The maximum absolute atomic E-state index is 10.3. The van der Waals surface area contributed by atoms with E-state index in [0.717, 1.165) is 11.1 Å². The molecule has 0 unspecified atom stereocenters. The number of ether oxygens (including phenoxy) is 1. The second kappa shape index (κ2) is 6.91. The predicted octanol–water partition coefficient (Wildman–Crippen LogP) is 3.35. The molecule has 0 aromatic heterocycles. The first-order chi connectivity index (χ1) is 9.83. The standard InChI is InChI=1S/C17H13NO2/c18-12-16-9-8-14(7-4-10-19)11-17(16)20-13-15-5-2-1-3-6-15/h1-11H,13H2. The van der Waals surface area contributed by atoms with Crippen LogP contribution in [0.25, 0.3) is 6.08 Å². The number of rotatable bonds is 5. The first kappa shape index (κ1) is 13.6. The summed E-state index contributed by atoms with van der Waals surface area (Å²) in [6.07, 6.45) is 3.79. The summed E-state index contributed by atoms with van der Waals surface area (Å²) in [5.41, 5.74) is 2.33. The molecule has 0 saturated carbocycles. The fourth-order valence-electron chi connectivity index (χ4n) is 1.74. The highest BCUT2D eigenvalue weighted by Crippen LogP contribution is 2.21. The Morgan fingerprint density at radius 1 is 1.15 bits per heavy atom. The van der Waals surface area contributed by atoms with E-state index in [4.69, 9.17) is 10.00 Å². The van der Waals surface area contributed by atoms with Crippen molar-refractivity contribution in [1.82, 2.24) is 0 Å². The lowest BCUT2D eigenvalue weighted by atomic mass is 10.1. The average Bonchev–Trinajstić information content (AvgIpc) is 2.52. The van der Waals surface area contributed by atoms with Gasteiger partial charge in [-0.05, 0) is 29.3 Å². The molecular formula is C17H13NO2. The van der Waals surface area contributed by atoms with Crippen LogP contribution in [-0.2, 0) is 11.4 Å². The van der Waals surface area contributed by atoms with E-state index in [1.165, 1.54) is 6.08 Å². The summed E-state index contributed by atoms with van der Waals surface area (Å²) in [4.78, 5) is 10.3. The first-order valence-corrected chi connectivity index (χ1v) is 6.16. The number of benzene rings is 2. The molecule has 2 aromatic rings. The average molecular weight is 263 g/mol. The van der Waals surface area contributed by atoms with E-state index in [0.29, 0.717) is 24.2 Å². The minimum Gasteiger partial charge on any atom is -0.488 e. The summed E-state index contributed by atoms with van der Waals surface area (Å²) in [5.74, 6) is 0.518. The van der Waals surface area contributed by atoms with Gasteiger partial charge in [-0.3, -0.25) is 4.79 Å². The summed E-state index contributed by atoms with van der Waals surface area (Å²) < 4.78 is 5.69. The third-order valence-corrected chi connectivity index (χ3v) is 2.73. The maximum atomic E-state index is 10.3. The largest absolute Gasteiger partial charge is 0.488 e. The predicted molar refractivity (Wildman–Crippen MR) is 77.0 cm³/mol. The Morgan fingerprint density at radius 3 is 2.65 bits per heavy atom. The zero-order valence-electron chi connectivity index (χ0n) is 10.8. The molecular weight excluding hydrogens is 250 g/mol. The highest BCUT2D eigenvalue weighted by molar-refractivity contribution is 5.74. The van der Waals surface area contributed by atoms with E-state index in [9.17, 15) is 4.79 Å². The molecule has 0 aliphatic heterocycles. The minimum absolute atomic E-state index is 0.399. The van der Waals surface area contributed by atoms with E-state index >= 15 is 0 Å². The molecule has 0 heterocycles. The number of hydrogen-bond donors (Lipinski definition) is 0. The zero-order valence-corrected chi connectivity index (χ0v) is 10.8. The number of aldehydes is 1. The number of carbonyl (C=O) groups excluding carboxylic acids is 1. The van der Waals surface area contributed by atoms with Crippen molar-refractivity contribution in [3.63, 3.8) is 0 Å². The molecule has 0 aliphatic carbocycles. The van der Waals surface area contributed by atoms with Crippen LogP contribution in [0.15, 0.2) is 54.6 Å². The van der Waals surface area contributed by atoms with Crippen molar-refractivity contribution in [1.29, 1.82) is 5.26 Å². The highest BCUT2D eigenvalue weighted by Gasteiger charge is 2.04. The molecule has 0 bridgehead atoms. The number of nitriles is 1. The van der Waals surface area contributed by atoms with Crippen molar-refractivity contribution in [3.05, 3.63) is 71.3 Å². The second-order valence-electron chi connectivity index (χ2n) is 4.14. The Kier molecular flexibility index (Phi) is 4.69. The van der Waals surface area contributed by atoms with Gasteiger partial charge >= 0.3 is 0 Å². The van der Waals surface area contributed by atoms with Gasteiger partial charge in [0.05, 0.1) is 5.56 Å². The van der Waals surface area contributed by atoms with Crippen LogP contribution in [0.1, 0.15) is 16.7 Å². The van der Waals surface area contributed by atoms with Crippen molar-refractivity contribution in [2.24, 2.45) is 0 Å². The normalized spacial score (nSPS) is 10.2. The van der Waals surface area contributed by atoms with Gasteiger partial charge in [0.1, 0.15) is 24.7 Å². The van der Waals surface area contributed by atoms with Gasteiger partial charge < -0.3 is 4.74 Å². The number of nitrogens with zero attached hydrogens (tertiary/aromatic N) is 1. The number of allylic oxidation sites excluding steroid dienone is 1. The molecule has 0 aliphatic rings. The van der Waals surface area contributed by atoms with E-state index < -0.39 is 0 Å². The topological polar surface area (TPSA) is 50.1 Å². The Labute approximate surface area is 117 Å². The molecule has 2 rings (SSSR count). The summed E-state index contributed by atoms with van der Waals surface area (Å²) in [7, 11) is 0. The van der Waals surface area contributed by atoms with Crippen LogP contribution in [0.3, 0.4) is 0 Å². The van der Waals surface area contributed by atoms with Gasteiger partial charge in [0.25, 0.3) is 0 Å². The van der Waals surface area contributed by atoms with E-state index in [1.54, 1.807) is 24.3 Å². The number of hydrogen-bond acceptors (Lipinski definition) is 3. The summed E-state index contributed by atoms with van der Waals surface area (Å²) in [6.45, 7) is 0.399. The maximum Gasteiger partial charge on any atom is 0.142 e. The van der Waals surface area contributed by atoms with Gasteiger partial charge in [0.2, 0.25) is 0 Å². The van der Waals surface area contributed by atoms with Crippen LogP contribution < -0.4 is 4.74 Å². The minimum atomic E-state index is 0.399. The van der Waals surface area contributed by atoms with Crippen molar-refractivity contribution in [3.8, 4) is 11.8 Å². The lowest BCUT2D eigenvalue weighted by molar-refractivity contribution is -0.104. The van der Waals surface area contributed by atoms with Crippen LogP contribution in [0.4, 0.5) is 0 Å². The molecule has 0 spiro atoms. The van der Waals surface area contributed by atoms with Crippen molar-refractivity contribution < 1.29 is 9.53 Å². The van der Waals surface area contributed by atoms with Crippen molar-refractivity contribution >= 4 is 12.4 Å².